The molecule has 112 valence electrons. The second-order valence-electron chi connectivity index (χ2n) is 4.64. The molecule has 0 aliphatic rings. The Morgan fingerprint density at radius 3 is 2.68 bits per heavy atom. The number of aliphatic hydroxyl groups excluding tert-OH is 1. The van der Waals surface area contributed by atoms with Crippen LogP contribution in [0.1, 0.15) is 17.6 Å². The van der Waals surface area contributed by atoms with Gasteiger partial charge in [0.25, 0.3) is 0 Å². The van der Waals surface area contributed by atoms with Crippen molar-refractivity contribution in [3.8, 4) is 11.4 Å². The average Bonchev–Trinajstić information content (AvgIpc) is 2.99. The highest BCUT2D eigenvalue weighted by molar-refractivity contribution is 5.55. The summed E-state index contributed by atoms with van der Waals surface area (Å²) >= 11 is 0. The van der Waals surface area contributed by atoms with E-state index in [1.807, 2.05) is 0 Å². The Morgan fingerprint density at radius 1 is 1.14 bits per heavy atom. The zero-order chi connectivity index (χ0) is 15.5. The first kappa shape index (κ1) is 14.3. The molecule has 0 saturated heterocycles. The lowest BCUT2D eigenvalue weighted by molar-refractivity contribution is 0.164. The Labute approximate surface area is 124 Å². The van der Waals surface area contributed by atoms with Gasteiger partial charge in [0.1, 0.15) is 11.6 Å². The highest BCUT2D eigenvalue weighted by atomic mass is 19.1. The van der Waals surface area contributed by atoms with E-state index in [1.165, 1.54) is 0 Å². The lowest BCUT2D eigenvalue weighted by atomic mass is 10.1. The lowest BCUT2D eigenvalue weighted by Crippen LogP contribution is -2.02. The van der Waals surface area contributed by atoms with E-state index < -0.39 is 17.7 Å². The maximum atomic E-state index is 13.6. The topological polar surface area (TPSA) is 72.0 Å². The number of benzene rings is 1. The van der Waals surface area contributed by atoms with Crippen molar-refractivity contribution in [2.75, 3.05) is 0 Å². The van der Waals surface area contributed by atoms with Crippen LogP contribution in [0.5, 0.6) is 0 Å². The van der Waals surface area contributed by atoms with Crippen LogP contribution >= 0.6 is 0 Å². The number of rotatable bonds is 4. The monoisotopic (exact) mass is 303 g/mol. The van der Waals surface area contributed by atoms with E-state index in [0.29, 0.717) is 5.56 Å². The fourth-order valence-electron chi connectivity index (χ4n) is 1.98. The van der Waals surface area contributed by atoms with Gasteiger partial charge in [-0.1, -0.05) is 5.16 Å². The number of nitrogens with zero attached hydrogens (tertiary/aromatic N) is 3. The third-order valence-electron chi connectivity index (χ3n) is 3.10. The van der Waals surface area contributed by atoms with E-state index in [9.17, 15) is 13.9 Å². The summed E-state index contributed by atoms with van der Waals surface area (Å²) in [5, 5.41) is 13.7. The number of pyridine rings is 1. The van der Waals surface area contributed by atoms with E-state index >= 15 is 0 Å². The number of hydrogen-bond acceptors (Lipinski definition) is 5. The molecule has 0 aliphatic heterocycles. The molecule has 2 heterocycles. The summed E-state index contributed by atoms with van der Waals surface area (Å²) in [5.74, 6) is -1.18. The quantitative estimate of drug-likeness (QED) is 0.802. The molecule has 1 N–H and O–H groups in total. The minimum atomic E-state index is -0.853. The van der Waals surface area contributed by atoms with Gasteiger partial charge in [-0.05, 0) is 35.9 Å². The molecule has 2 aromatic heterocycles. The van der Waals surface area contributed by atoms with Crippen LogP contribution in [0.2, 0.25) is 0 Å². The highest BCUT2D eigenvalue weighted by Gasteiger charge is 2.17. The van der Waals surface area contributed by atoms with Crippen molar-refractivity contribution in [2.45, 2.75) is 12.5 Å². The summed E-state index contributed by atoms with van der Waals surface area (Å²) in [6, 6.07) is 6.31. The highest BCUT2D eigenvalue weighted by Crippen LogP contribution is 2.23. The smallest absolute Gasteiger partial charge is 0.229 e. The first-order valence-electron chi connectivity index (χ1n) is 6.49. The third kappa shape index (κ3) is 2.99. The van der Waals surface area contributed by atoms with Gasteiger partial charge >= 0.3 is 0 Å². The molecule has 0 aliphatic carbocycles. The van der Waals surface area contributed by atoms with Crippen LogP contribution in [0.4, 0.5) is 8.78 Å². The van der Waals surface area contributed by atoms with Gasteiger partial charge in [0.2, 0.25) is 11.7 Å². The molecule has 0 bridgehead atoms. The molecule has 0 amide bonds. The average molecular weight is 303 g/mol. The number of hydrogen-bond donors (Lipinski definition) is 1. The number of aromatic nitrogens is 3. The molecule has 3 rings (SSSR count). The summed E-state index contributed by atoms with van der Waals surface area (Å²) in [7, 11) is 0. The van der Waals surface area contributed by atoms with Crippen molar-refractivity contribution in [2.24, 2.45) is 0 Å². The van der Waals surface area contributed by atoms with Crippen molar-refractivity contribution >= 4 is 0 Å². The Hall–Kier alpha value is -2.67. The van der Waals surface area contributed by atoms with Crippen molar-refractivity contribution in [1.29, 1.82) is 0 Å². The van der Waals surface area contributed by atoms with Gasteiger partial charge in [-0.2, -0.15) is 4.98 Å². The van der Waals surface area contributed by atoms with Gasteiger partial charge in [0, 0.05) is 12.4 Å². The van der Waals surface area contributed by atoms with Gasteiger partial charge in [-0.3, -0.25) is 4.98 Å². The molecular formula is C15H11F2N3O2. The molecule has 1 unspecified atom stereocenters. The van der Waals surface area contributed by atoms with Gasteiger partial charge in [-0.25, -0.2) is 8.78 Å². The van der Waals surface area contributed by atoms with Crippen LogP contribution in [0.25, 0.3) is 11.4 Å². The predicted molar refractivity (Wildman–Crippen MR) is 72.6 cm³/mol. The standard InChI is InChI=1S/C15H11F2N3O2/c16-10-1-2-12(17)11(7-10)15-19-14(22-20-15)8-13(21)9-3-5-18-6-4-9/h1-7,13,21H,8H2. The van der Waals surface area contributed by atoms with E-state index in [4.69, 9.17) is 4.52 Å². The fraction of sp³-hybridized carbons (Fsp3) is 0.133. The zero-order valence-corrected chi connectivity index (χ0v) is 11.3. The Kier molecular flexibility index (Phi) is 3.88. The van der Waals surface area contributed by atoms with E-state index in [-0.39, 0.29) is 23.7 Å². The van der Waals surface area contributed by atoms with Crippen molar-refractivity contribution in [3.05, 3.63) is 65.8 Å². The second kappa shape index (κ2) is 5.98. The summed E-state index contributed by atoms with van der Waals surface area (Å²) in [5.41, 5.74) is 0.556. The summed E-state index contributed by atoms with van der Waals surface area (Å²) in [4.78, 5) is 7.84. The van der Waals surface area contributed by atoms with Crippen LogP contribution in [0.15, 0.2) is 47.2 Å². The SMILES string of the molecule is OC(Cc1nc(-c2cc(F)ccc2F)no1)c1ccncc1. The number of aliphatic hydroxyl groups is 1. The normalized spacial score (nSPS) is 12.3. The molecule has 22 heavy (non-hydrogen) atoms. The first-order chi connectivity index (χ1) is 10.6. The summed E-state index contributed by atoms with van der Waals surface area (Å²) in [6.07, 6.45) is 2.32. The Balaban J connectivity index is 1.81. The maximum Gasteiger partial charge on any atom is 0.229 e. The molecule has 0 spiro atoms. The molecule has 5 nitrogen and oxygen atoms in total. The van der Waals surface area contributed by atoms with E-state index in [0.717, 1.165) is 18.2 Å². The minimum Gasteiger partial charge on any atom is -0.388 e. The largest absolute Gasteiger partial charge is 0.388 e. The molecule has 0 saturated carbocycles. The second-order valence-corrected chi connectivity index (χ2v) is 4.64. The maximum absolute atomic E-state index is 13.6. The van der Waals surface area contributed by atoms with Crippen LogP contribution < -0.4 is 0 Å². The summed E-state index contributed by atoms with van der Waals surface area (Å²) in [6.45, 7) is 0. The molecular weight excluding hydrogens is 292 g/mol. The predicted octanol–water partition coefficient (Wildman–Crippen LogP) is 2.69. The molecule has 7 heteroatoms. The molecule has 3 aromatic rings. The van der Waals surface area contributed by atoms with Gasteiger partial charge in [0.05, 0.1) is 18.1 Å². The fourth-order valence-corrected chi connectivity index (χ4v) is 1.98. The van der Waals surface area contributed by atoms with Crippen molar-refractivity contribution in [3.63, 3.8) is 0 Å². The van der Waals surface area contributed by atoms with E-state index in [2.05, 4.69) is 15.1 Å². The molecule has 0 radical (unpaired) electrons. The zero-order valence-electron chi connectivity index (χ0n) is 11.3. The van der Waals surface area contributed by atoms with E-state index in [1.54, 1.807) is 24.5 Å². The van der Waals surface area contributed by atoms with Gasteiger partial charge in [-0.15, -0.1) is 0 Å². The Bertz CT molecular complexity index is 777. The third-order valence-corrected chi connectivity index (χ3v) is 3.10. The molecule has 0 fully saturated rings. The van der Waals surface area contributed by atoms with Crippen LogP contribution in [-0.4, -0.2) is 20.2 Å². The van der Waals surface area contributed by atoms with Crippen molar-refractivity contribution < 1.29 is 18.4 Å². The van der Waals surface area contributed by atoms with Gasteiger partial charge in [0.15, 0.2) is 0 Å². The Morgan fingerprint density at radius 2 is 1.91 bits per heavy atom. The molecule has 1 aromatic carbocycles. The first-order valence-corrected chi connectivity index (χ1v) is 6.49. The number of halogens is 2. The lowest BCUT2D eigenvalue weighted by Gasteiger charge is -2.06. The van der Waals surface area contributed by atoms with Crippen LogP contribution in [-0.2, 0) is 6.42 Å². The van der Waals surface area contributed by atoms with Crippen molar-refractivity contribution in [1.82, 2.24) is 15.1 Å². The van der Waals surface area contributed by atoms with Gasteiger partial charge < -0.3 is 9.63 Å². The minimum absolute atomic E-state index is 0.0612. The molecule has 1 atom stereocenters. The van der Waals surface area contributed by atoms with Crippen LogP contribution in [0.3, 0.4) is 0 Å². The summed E-state index contributed by atoms with van der Waals surface area (Å²) < 4.78 is 31.8. The van der Waals surface area contributed by atoms with Crippen LogP contribution in [0, 0.1) is 11.6 Å².